The van der Waals surface area contributed by atoms with Gasteiger partial charge in [-0.1, -0.05) is 0 Å². The first-order valence-corrected chi connectivity index (χ1v) is 5.79. The Morgan fingerprint density at radius 2 is 2.31 bits per heavy atom. The number of nitrogens with one attached hydrogen (secondary N) is 1. The van der Waals surface area contributed by atoms with E-state index in [4.69, 9.17) is 5.84 Å². The second kappa shape index (κ2) is 4.65. The van der Waals surface area contributed by atoms with Crippen LogP contribution in [0.15, 0.2) is 6.20 Å². The third-order valence-corrected chi connectivity index (χ3v) is 3.15. The van der Waals surface area contributed by atoms with Gasteiger partial charge in [-0.15, -0.1) is 0 Å². The predicted molar refractivity (Wildman–Crippen MR) is 65.2 cm³/mol. The van der Waals surface area contributed by atoms with E-state index >= 15 is 0 Å². The lowest BCUT2D eigenvalue weighted by atomic mass is 10.0. The van der Waals surface area contributed by atoms with E-state index in [9.17, 15) is 0 Å². The molecular weight excluding hydrogens is 202 g/mol. The fourth-order valence-electron chi connectivity index (χ4n) is 2.21. The van der Waals surface area contributed by atoms with Gasteiger partial charge in [-0.2, -0.15) is 4.98 Å². The van der Waals surface area contributed by atoms with E-state index in [1.54, 1.807) is 0 Å². The molecule has 0 aliphatic carbocycles. The molecule has 1 aliphatic rings. The zero-order chi connectivity index (χ0) is 11.5. The molecule has 0 saturated carbocycles. The summed E-state index contributed by atoms with van der Waals surface area (Å²) in [6.07, 6.45) is 5.59. The molecule has 16 heavy (non-hydrogen) atoms. The number of rotatable bonds is 2. The second-order valence-corrected chi connectivity index (χ2v) is 4.38. The van der Waals surface area contributed by atoms with E-state index in [1.807, 2.05) is 13.1 Å². The molecule has 3 N–H and O–H groups in total. The van der Waals surface area contributed by atoms with Gasteiger partial charge in [0.05, 0.1) is 0 Å². The Balaban J connectivity index is 2.30. The van der Waals surface area contributed by atoms with E-state index in [2.05, 4.69) is 27.2 Å². The lowest BCUT2D eigenvalue weighted by molar-refractivity contribution is 0.480. The Hall–Kier alpha value is -1.36. The van der Waals surface area contributed by atoms with Crippen LogP contribution in [0, 0.1) is 6.92 Å². The maximum Gasteiger partial charge on any atom is 0.239 e. The highest BCUT2D eigenvalue weighted by atomic mass is 15.3. The van der Waals surface area contributed by atoms with Crippen LogP contribution in [0.1, 0.15) is 31.7 Å². The average molecular weight is 221 g/mol. The maximum absolute atomic E-state index is 5.34. The zero-order valence-corrected chi connectivity index (χ0v) is 9.90. The fourth-order valence-corrected chi connectivity index (χ4v) is 2.21. The van der Waals surface area contributed by atoms with E-state index in [0.717, 1.165) is 17.9 Å². The number of nitrogen functional groups attached to an aromatic ring is 1. The Morgan fingerprint density at radius 1 is 1.50 bits per heavy atom. The molecule has 2 heterocycles. The van der Waals surface area contributed by atoms with Crippen LogP contribution < -0.4 is 16.2 Å². The lowest BCUT2D eigenvalue weighted by Gasteiger charge is -2.35. The van der Waals surface area contributed by atoms with Crippen molar-refractivity contribution in [3.63, 3.8) is 0 Å². The molecule has 1 aliphatic heterocycles. The van der Waals surface area contributed by atoms with Crippen molar-refractivity contribution in [1.29, 1.82) is 0 Å². The molecule has 0 bridgehead atoms. The second-order valence-electron chi connectivity index (χ2n) is 4.38. The lowest BCUT2D eigenvalue weighted by Crippen LogP contribution is -2.38. The standard InChI is InChI=1S/C11H19N5/c1-8-7-13-11(15-12)14-10(8)16-6-4-3-5-9(16)2/h7,9H,3-6,12H2,1-2H3,(H,13,14,15). The molecule has 1 atom stereocenters. The highest BCUT2D eigenvalue weighted by Crippen LogP contribution is 2.25. The highest BCUT2D eigenvalue weighted by Gasteiger charge is 2.21. The molecule has 0 amide bonds. The first-order chi connectivity index (χ1) is 7.72. The summed E-state index contributed by atoms with van der Waals surface area (Å²) in [6, 6.07) is 0.549. The van der Waals surface area contributed by atoms with Crippen LogP contribution in [0.25, 0.3) is 0 Å². The van der Waals surface area contributed by atoms with Crippen molar-refractivity contribution in [2.45, 2.75) is 39.2 Å². The largest absolute Gasteiger partial charge is 0.354 e. The van der Waals surface area contributed by atoms with Gasteiger partial charge in [0.2, 0.25) is 5.95 Å². The van der Waals surface area contributed by atoms with E-state index in [-0.39, 0.29) is 0 Å². The van der Waals surface area contributed by atoms with Crippen LogP contribution in [-0.4, -0.2) is 22.6 Å². The van der Waals surface area contributed by atoms with E-state index in [1.165, 1.54) is 19.3 Å². The SMILES string of the molecule is Cc1cnc(NN)nc1N1CCCCC1C. The molecule has 1 aromatic heterocycles. The van der Waals surface area contributed by atoms with Crippen molar-refractivity contribution in [3.05, 3.63) is 11.8 Å². The molecule has 1 saturated heterocycles. The molecular formula is C11H19N5. The Kier molecular flexibility index (Phi) is 3.24. The van der Waals surface area contributed by atoms with Crippen LogP contribution in [0.2, 0.25) is 0 Å². The molecule has 5 nitrogen and oxygen atoms in total. The highest BCUT2D eigenvalue weighted by molar-refractivity contribution is 5.49. The summed E-state index contributed by atoms with van der Waals surface area (Å²) in [4.78, 5) is 10.9. The van der Waals surface area contributed by atoms with Gasteiger partial charge in [0, 0.05) is 24.3 Å². The summed E-state index contributed by atoms with van der Waals surface area (Å²) in [5, 5.41) is 0. The van der Waals surface area contributed by atoms with Crippen molar-refractivity contribution >= 4 is 11.8 Å². The molecule has 1 fully saturated rings. The maximum atomic E-state index is 5.34. The van der Waals surface area contributed by atoms with Gasteiger partial charge in [-0.3, -0.25) is 5.43 Å². The third-order valence-electron chi connectivity index (χ3n) is 3.15. The Bertz CT molecular complexity index is 365. The van der Waals surface area contributed by atoms with Crippen LogP contribution in [0.3, 0.4) is 0 Å². The smallest absolute Gasteiger partial charge is 0.239 e. The normalized spacial score (nSPS) is 20.9. The number of anilines is 2. The topological polar surface area (TPSA) is 67.1 Å². The monoisotopic (exact) mass is 221 g/mol. The number of nitrogens with two attached hydrogens (primary N) is 1. The van der Waals surface area contributed by atoms with Crippen molar-refractivity contribution in [3.8, 4) is 0 Å². The minimum atomic E-state index is 0.485. The van der Waals surface area contributed by atoms with Crippen LogP contribution in [0.5, 0.6) is 0 Å². The van der Waals surface area contributed by atoms with Crippen LogP contribution >= 0.6 is 0 Å². The molecule has 1 unspecified atom stereocenters. The number of hydrogen-bond acceptors (Lipinski definition) is 5. The minimum Gasteiger partial charge on any atom is -0.354 e. The molecule has 0 spiro atoms. The number of aromatic nitrogens is 2. The number of piperidine rings is 1. The van der Waals surface area contributed by atoms with Gasteiger partial charge in [0.1, 0.15) is 5.82 Å². The summed E-state index contributed by atoms with van der Waals surface area (Å²) < 4.78 is 0. The molecule has 0 radical (unpaired) electrons. The average Bonchev–Trinajstić information content (AvgIpc) is 2.31. The molecule has 2 rings (SSSR count). The predicted octanol–water partition coefficient (Wildman–Crippen LogP) is 1.45. The quantitative estimate of drug-likeness (QED) is 0.584. The molecule has 1 aromatic rings. The van der Waals surface area contributed by atoms with Gasteiger partial charge in [-0.05, 0) is 33.1 Å². The van der Waals surface area contributed by atoms with E-state index < -0.39 is 0 Å². The molecule has 5 heteroatoms. The zero-order valence-electron chi connectivity index (χ0n) is 9.90. The van der Waals surface area contributed by atoms with Crippen molar-refractivity contribution in [2.75, 3.05) is 16.9 Å². The van der Waals surface area contributed by atoms with Gasteiger partial charge in [0.15, 0.2) is 0 Å². The summed E-state index contributed by atoms with van der Waals surface area (Å²) in [7, 11) is 0. The summed E-state index contributed by atoms with van der Waals surface area (Å²) in [5.41, 5.74) is 3.60. The number of nitrogens with zero attached hydrogens (tertiary/aromatic N) is 3. The Labute approximate surface area is 96.0 Å². The van der Waals surface area contributed by atoms with Crippen molar-refractivity contribution in [2.24, 2.45) is 5.84 Å². The van der Waals surface area contributed by atoms with Crippen LogP contribution in [-0.2, 0) is 0 Å². The number of hydrogen-bond donors (Lipinski definition) is 2. The van der Waals surface area contributed by atoms with Gasteiger partial charge >= 0.3 is 0 Å². The van der Waals surface area contributed by atoms with Crippen molar-refractivity contribution < 1.29 is 0 Å². The summed E-state index contributed by atoms with van der Waals surface area (Å²) in [5.74, 6) is 6.83. The van der Waals surface area contributed by atoms with Crippen LogP contribution in [0.4, 0.5) is 11.8 Å². The van der Waals surface area contributed by atoms with E-state index in [0.29, 0.717) is 12.0 Å². The molecule has 0 aromatic carbocycles. The van der Waals surface area contributed by atoms with Gasteiger partial charge < -0.3 is 4.90 Å². The number of aryl methyl sites for hydroxylation is 1. The van der Waals surface area contributed by atoms with Gasteiger partial charge in [-0.25, -0.2) is 10.8 Å². The first kappa shape index (κ1) is 11.1. The number of hydrazine groups is 1. The van der Waals surface area contributed by atoms with Gasteiger partial charge in [0.25, 0.3) is 0 Å². The molecule has 88 valence electrons. The fraction of sp³-hybridized carbons (Fsp3) is 0.636. The van der Waals surface area contributed by atoms with Crippen molar-refractivity contribution in [1.82, 2.24) is 9.97 Å². The first-order valence-electron chi connectivity index (χ1n) is 5.79. The summed E-state index contributed by atoms with van der Waals surface area (Å²) >= 11 is 0. The third kappa shape index (κ3) is 2.09. The summed E-state index contributed by atoms with van der Waals surface area (Å²) in [6.45, 7) is 5.36. The Morgan fingerprint density at radius 3 is 3.00 bits per heavy atom. The minimum absolute atomic E-state index is 0.485.